The van der Waals surface area contributed by atoms with Crippen molar-refractivity contribution < 1.29 is 19.2 Å². The summed E-state index contributed by atoms with van der Waals surface area (Å²) in [4.78, 5) is 38.4. The summed E-state index contributed by atoms with van der Waals surface area (Å²) in [6.45, 7) is 0. The van der Waals surface area contributed by atoms with Crippen LogP contribution < -0.4 is 0 Å². The first-order valence-corrected chi connectivity index (χ1v) is 4.41. The highest BCUT2D eigenvalue weighted by Gasteiger charge is 2.32. The maximum absolute atomic E-state index is 10.9. The van der Waals surface area contributed by atoms with Gasteiger partial charge in [0, 0.05) is 18.9 Å². The Morgan fingerprint density at radius 2 is 1.92 bits per heavy atom. The van der Waals surface area contributed by atoms with Crippen LogP contribution in [-0.4, -0.2) is 22.8 Å². The zero-order chi connectivity index (χ0) is 9.84. The average molecular weight is 248 g/mol. The molecule has 0 aromatic heterocycles. The fraction of sp³-hybridized carbons (Fsp3) is 0.286. The molecule has 0 bridgehead atoms. The van der Waals surface area contributed by atoms with Crippen molar-refractivity contribution in [3.05, 3.63) is 11.1 Å². The Morgan fingerprint density at radius 3 is 2.38 bits per heavy atom. The van der Waals surface area contributed by atoms with E-state index in [-0.39, 0.29) is 12.8 Å². The summed E-state index contributed by atoms with van der Waals surface area (Å²) in [5.41, 5.74) is 0. The number of hydroxylamine groups is 2. The summed E-state index contributed by atoms with van der Waals surface area (Å²) in [5.74, 6) is -1.73. The summed E-state index contributed by atoms with van der Waals surface area (Å²) in [6, 6.07) is 0. The van der Waals surface area contributed by atoms with Gasteiger partial charge in [0.05, 0.1) is 0 Å². The molecule has 1 fully saturated rings. The second-order valence-corrected chi connectivity index (χ2v) is 2.81. The van der Waals surface area contributed by atoms with Gasteiger partial charge in [-0.1, -0.05) is 15.9 Å². The lowest BCUT2D eigenvalue weighted by molar-refractivity contribution is -0.193. The second kappa shape index (κ2) is 4.18. The lowest BCUT2D eigenvalue weighted by Crippen LogP contribution is -2.31. The van der Waals surface area contributed by atoms with Crippen LogP contribution in [0.15, 0.2) is 11.1 Å². The van der Waals surface area contributed by atoms with Gasteiger partial charge in [-0.25, -0.2) is 4.79 Å². The molecule has 6 heteroatoms. The number of amides is 2. The minimum atomic E-state index is -0.763. The molecule has 1 saturated heterocycles. The minimum absolute atomic E-state index is 0.101. The van der Waals surface area contributed by atoms with Crippen LogP contribution in [0.1, 0.15) is 12.8 Å². The average Bonchev–Trinajstić information content (AvgIpc) is 2.36. The highest BCUT2D eigenvalue weighted by Crippen LogP contribution is 2.12. The van der Waals surface area contributed by atoms with Gasteiger partial charge in [0.1, 0.15) is 0 Å². The highest BCUT2D eigenvalue weighted by atomic mass is 79.9. The van der Waals surface area contributed by atoms with E-state index in [2.05, 4.69) is 20.8 Å². The number of imide groups is 1. The highest BCUT2D eigenvalue weighted by molar-refractivity contribution is 9.11. The molecule has 1 aliphatic heterocycles. The van der Waals surface area contributed by atoms with Gasteiger partial charge in [0.25, 0.3) is 11.8 Å². The van der Waals surface area contributed by atoms with E-state index < -0.39 is 17.8 Å². The fourth-order valence-corrected chi connectivity index (χ4v) is 1.05. The van der Waals surface area contributed by atoms with Crippen molar-refractivity contribution in [1.29, 1.82) is 0 Å². The Hall–Kier alpha value is -1.17. The van der Waals surface area contributed by atoms with Crippen LogP contribution in [0.5, 0.6) is 0 Å². The van der Waals surface area contributed by atoms with Crippen LogP contribution in [0.2, 0.25) is 0 Å². The van der Waals surface area contributed by atoms with E-state index in [1.165, 1.54) is 4.99 Å². The molecule has 1 rings (SSSR count). The molecule has 5 nitrogen and oxygen atoms in total. The first kappa shape index (κ1) is 9.91. The monoisotopic (exact) mass is 247 g/mol. The quantitative estimate of drug-likeness (QED) is 0.527. The molecule has 0 unspecified atom stereocenters. The van der Waals surface area contributed by atoms with Crippen molar-refractivity contribution in [2.75, 3.05) is 0 Å². The van der Waals surface area contributed by atoms with Gasteiger partial charge in [-0.15, -0.1) is 5.06 Å². The molecule has 70 valence electrons. The molecule has 1 aliphatic rings. The topological polar surface area (TPSA) is 63.7 Å². The molecule has 0 N–H and O–H groups in total. The Balaban J connectivity index is 2.57. The first-order chi connectivity index (χ1) is 6.15. The Morgan fingerprint density at radius 1 is 1.38 bits per heavy atom. The largest absolute Gasteiger partial charge is 0.357 e. The van der Waals surface area contributed by atoms with Crippen molar-refractivity contribution >= 4 is 33.7 Å². The molecule has 0 aromatic rings. The van der Waals surface area contributed by atoms with Crippen molar-refractivity contribution in [3.8, 4) is 0 Å². The van der Waals surface area contributed by atoms with E-state index in [4.69, 9.17) is 0 Å². The van der Waals surface area contributed by atoms with Crippen LogP contribution in [0, 0.1) is 0 Å². The van der Waals surface area contributed by atoms with E-state index in [1.807, 2.05) is 0 Å². The smallest absolute Gasteiger partial charge is 0.326 e. The first-order valence-electron chi connectivity index (χ1n) is 3.49. The number of carbonyl (C=O) groups excluding carboxylic acids is 3. The third-order valence-electron chi connectivity index (χ3n) is 1.39. The third kappa shape index (κ3) is 2.38. The van der Waals surface area contributed by atoms with E-state index in [9.17, 15) is 14.4 Å². The number of hydrogen-bond donors (Lipinski definition) is 0. The van der Waals surface area contributed by atoms with Crippen molar-refractivity contribution in [2.45, 2.75) is 12.8 Å². The minimum Gasteiger partial charge on any atom is -0.326 e. The van der Waals surface area contributed by atoms with E-state index >= 15 is 0 Å². The summed E-state index contributed by atoms with van der Waals surface area (Å²) < 4.78 is 0. The van der Waals surface area contributed by atoms with Crippen LogP contribution in [0.3, 0.4) is 0 Å². The number of hydrogen-bond acceptors (Lipinski definition) is 4. The molecule has 13 heavy (non-hydrogen) atoms. The van der Waals surface area contributed by atoms with Gasteiger partial charge in [-0.05, 0) is 4.99 Å². The summed E-state index contributed by atoms with van der Waals surface area (Å²) in [6.07, 6.45) is 1.26. The molecule has 0 aromatic carbocycles. The van der Waals surface area contributed by atoms with Gasteiger partial charge < -0.3 is 4.84 Å². The number of halogens is 1. The zero-order valence-corrected chi connectivity index (χ0v) is 8.11. The van der Waals surface area contributed by atoms with Gasteiger partial charge >= 0.3 is 5.97 Å². The summed E-state index contributed by atoms with van der Waals surface area (Å²) >= 11 is 2.86. The lowest BCUT2D eigenvalue weighted by Gasteiger charge is -2.10. The summed E-state index contributed by atoms with van der Waals surface area (Å²) in [7, 11) is 0. The molecular formula is C7H6BrNO4. The predicted molar refractivity (Wildman–Crippen MR) is 45.2 cm³/mol. The maximum atomic E-state index is 10.9. The van der Waals surface area contributed by atoms with Crippen molar-refractivity contribution in [2.24, 2.45) is 0 Å². The lowest BCUT2D eigenvalue weighted by atomic mass is 10.4. The van der Waals surface area contributed by atoms with E-state index in [0.29, 0.717) is 5.06 Å². The normalized spacial score (nSPS) is 17.2. The van der Waals surface area contributed by atoms with Gasteiger partial charge in [-0.2, -0.15) is 0 Å². The van der Waals surface area contributed by atoms with Crippen LogP contribution in [0.25, 0.3) is 0 Å². The van der Waals surface area contributed by atoms with Crippen molar-refractivity contribution in [3.63, 3.8) is 0 Å². The van der Waals surface area contributed by atoms with E-state index in [1.54, 1.807) is 0 Å². The Bertz CT molecular complexity index is 270. The molecule has 2 amide bonds. The number of carbonyl (C=O) groups is 3. The van der Waals surface area contributed by atoms with Gasteiger partial charge in [0.2, 0.25) is 0 Å². The van der Waals surface area contributed by atoms with Crippen LogP contribution >= 0.6 is 15.9 Å². The fourth-order valence-electron chi connectivity index (χ4n) is 0.830. The molecular weight excluding hydrogens is 242 g/mol. The van der Waals surface area contributed by atoms with Gasteiger partial charge in [-0.3, -0.25) is 9.59 Å². The molecule has 0 atom stereocenters. The van der Waals surface area contributed by atoms with E-state index in [0.717, 1.165) is 6.08 Å². The zero-order valence-electron chi connectivity index (χ0n) is 6.53. The number of nitrogens with zero attached hydrogens (tertiary/aromatic N) is 1. The van der Waals surface area contributed by atoms with Gasteiger partial charge in [0.15, 0.2) is 0 Å². The maximum Gasteiger partial charge on any atom is 0.357 e. The molecule has 0 spiro atoms. The van der Waals surface area contributed by atoms with Crippen molar-refractivity contribution in [1.82, 2.24) is 5.06 Å². The molecule has 0 radical (unpaired) electrons. The Kier molecular flexibility index (Phi) is 3.18. The Labute approximate surface area is 82.4 Å². The van der Waals surface area contributed by atoms with Crippen LogP contribution in [0.4, 0.5) is 0 Å². The third-order valence-corrected chi connectivity index (χ3v) is 1.65. The second-order valence-electron chi connectivity index (χ2n) is 2.28. The summed E-state index contributed by atoms with van der Waals surface area (Å²) in [5, 5.41) is 0.495. The molecule has 1 heterocycles. The predicted octanol–water partition coefficient (Wildman–Crippen LogP) is 0.502. The standard InChI is InChI=1S/C7H6BrNO4/c8-4-3-7(12)13-9-5(10)1-2-6(9)11/h3-4H,1-2H2/b4-3+. The number of rotatable bonds is 2. The van der Waals surface area contributed by atoms with Crippen LogP contribution in [-0.2, 0) is 19.2 Å². The SMILES string of the molecule is O=C(/C=C/Br)ON1C(=O)CCC1=O. The molecule has 0 aliphatic carbocycles. The molecule has 0 saturated carbocycles.